The quantitative estimate of drug-likeness (QED) is 0.103. The average Bonchev–Trinajstić information content (AvgIpc) is 3.03. The van der Waals surface area contributed by atoms with Crippen LogP contribution in [-0.4, -0.2) is 42.2 Å². The molecule has 45 heavy (non-hydrogen) atoms. The zero-order valence-electron chi connectivity index (χ0n) is 27.3. The van der Waals surface area contributed by atoms with Crippen molar-refractivity contribution in [3.8, 4) is 5.75 Å². The highest BCUT2D eigenvalue weighted by atomic mass is 16.5. The lowest BCUT2D eigenvalue weighted by Gasteiger charge is -2.19. The van der Waals surface area contributed by atoms with Gasteiger partial charge in [0.15, 0.2) is 5.84 Å². The average molecular weight is 610 g/mol. The van der Waals surface area contributed by atoms with E-state index in [9.17, 15) is 14.7 Å². The number of amidine groups is 1. The van der Waals surface area contributed by atoms with E-state index in [2.05, 4.69) is 49.7 Å². The third-order valence-corrected chi connectivity index (χ3v) is 7.63. The van der Waals surface area contributed by atoms with Crippen LogP contribution in [0.4, 0.5) is 0 Å². The molecule has 0 bridgehead atoms. The molecule has 7 nitrogen and oxygen atoms in total. The summed E-state index contributed by atoms with van der Waals surface area (Å²) in [5, 5.41) is 12.4. The number of nitrogens with one attached hydrogen (secondary N) is 1. The summed E-state index contributed by atoms with van der Waals surface area (Å²) >= 11 is 0. The summed E-state index contributed by atoms with van der Waals surface area (Å²) in [4.78, 5) is 33.4. The molecule has 0 heterocycles. The van der Waals surface area contributed by atoms with Gasteiger partial charge in [-0.2, -0.15) is 0 Å². The van der Waals surface area contributed by atoms with E-state index >= 15 is 0 Å². The highest BCUT2D eigenvalue weighted by molar-refractivity contribution is 6.02. The molecule has 0 aliphatic heterocycles. The van der Waals surface area contributed by atoms with E-state index in [0.29, 0.717) is 11.4 Å². The SMILES string of the molecule is C=NC(=N/C=C(\C)c1ccc(OCCCCCCC)cc1)c1ccc(C[C@H](NC(=O)c2ccc(C(C)(C)C)cc2)C(=O)O)cc1. The number of amides is 1. The van der Waals surface area contributed by atoms with Gasteiger partial charge >= 0.3 is 5.97 Å². The summed E-state index contributed by atoms with van der Waals surface area (Å²) in [6.45, 7) is 14.9. The molecule has 0 fully saturated rings. The van der Waals surface area contributed by atoms with Gasteiger partial charge in [0.1, 0.15) is 11.8 Å². The minimum absolute atomic E-state index is 0.0414. The molecule has 2 N–H and O–H groups in total. The molecule has 3 rings (SSSR count). The van der Waals surface area contributed by atoms with E-state index in [4.69, 9.17) is 4.74 Å². The highest BCUT2D eigenvalue weighted by Gasteiger charge is 2.22. The van der Waals surface area contributed by atoms with Crippen LogP contribution in [0.2, 0.25) is 0 Å². The van der Waals surface area contributed by atoms with Gasteiger partial charge in [0.2, 0.25) is 0 Å². The minimum atomic E-state index is -1.10. The van der Waals surface area contributed by atoms with Crippen molar-refractivity contribution in [1.82, 2.24) is 5.32 Å². The number of hydrogen-bond donors (Lipinski definition) is 2. The Morgan fingerprint density at radius 1 is 0.889 bits per heavy atom. The number of aliphatic carboxylic acids is 1. The zero-order chi connectivity index (χ0) is 32.8. The maximum atomic E-state index is 12.8. The lowest BCUT2D eigenvalue weighted by atomic mass is 9.86. The molecule has 3 aromatic rings. The Bertz CT molecular complexity index is 1470. The number of hydrogen-bond acceptors (Lipinski definition) is 4. The molecular weight excluding hydrogens is 562 g/mol. The van der Waals surface area contributed by atoms with Gasteiger partial charge in [-0.05, 0) is 72.0 Å². The van der Waals surface area contributed by atoms with E-state index in [1.165, 1.54) is 25.7 Å². The fraction of sp³-hybridized carbons (Fsp3) is 0.368. The molecular formula is C38H47N3O4. The van der Waals surface area contributed by atoms with Crippen LogP contribution in [0.5, 0.6) is 5.75 Å². The number of carbonyl (C=O) groups excluding carboxylic acids is 1. The van der Waals surface area contributed by atoms with Gasteiger partial charge in [0.05, 0.1) is 6.61 Å². The summed E-state index contributed by atoms with van der Waals surface area (Å²) in [5.41, 5.74) is 4.97. The number of carboxylic acids is 1. The van der Waals surface area contributed by atoms with Gasteiger partial charge in [0, 0.05) is 23.7 Å². The Morgan fingerprint density at radius 2 is 1.49 bits per heavy atom. The third kappa shape index (κ3) is 11.2. The largest absolute Gasteiger partial charge is 0.494 e. The molecule has 1 atom stereocenters. The zero-order valence-corrected chi connectivity index (χ0v) is 27.3. The molecule has 238 valence electrons. The molecule has 0 aliphatic carbocycles. The van der Waals surface area contributed by atoms with Crippen molar-refractivity contribution >= 4 is 30.0 Å². The Morgan fingerprint density at radius 3 is 2.07 bits per heavy atom. The van der Waals surface area contributed by atoms with E-state index in [-0.39, 0.29) is 11.8 Å². The number of unbranched alkanes of at least 4 members (excludes halogenated alkanes) is 4. The molecule has 0 aromatic heterocycles. The van der Waals surface area contributed by atoms with E-state index in [1.807, 2.05) is 67.6 Å². The Hall–Kier alpha value is -4.52. The second-order valence-corrected chi connectivity index (χ2v) is 12.3. The molecule has 0 saturated heterocycles. The molecule has 7 heteroatoms. The van der Waals surface area contributed by atoms with Crippen LogP contribution >= 0.6 is 0 Å². The number of carbonyl (C=O) groups is 2. The number of carboxylic acid groups (broad SMARTS) is 1. The smallest absolute Gasteiger partial charge is 0.326 e. The molecule has 0 spiro atoms. The number of aliphatic imine (C=N–C) groups is 2. The maximum absolute atomic E-state index is 12.8. The van der Waals surface area contributed by atoms with Crippen LogP contribution in [-0.2, 0) is 16.6 Å². The van der Waals surface area contributed by atoms with Crippen LogP contribution < -0.4 is 10.1 Å². The maximum Gasteiger partial charge on any atom is 0.326 e. The molecule has 0 radical (unpaired) electrons. The second-order valence-electron chi connectivity index (χ2n) is 12.3. The number of ether oxygens (including phenoxy) is 1. The number of allylic oxidation sites excluding steroid dienone is 1. The summed E-state index contributed by atoms with van der Waals surface area (Å²) in [6.07, 6.45) is 7.92. The summed E-state index contributed by atoms with van der Waals surface area (Å²) < 4.78 is 5.87. The van der Waals surface area contributed by atoms with E-state index in [0.717, 1.165) is 46.6 Å². The Labute approximate surface area is 268 Å². The van der Waals surface area contributed by atoms with Crippen molar-refractivity contribution in [3.05, 3.63) is 107 Å². The molecule has 0 saturated carbocycles. The Kier molecular flexibility index (Phi) is 13.3. The minimum Gasteiger partial charge on any atom is -0.494 e. The lowest BCUT2D eigenvalue weighted by molar-refractivity contribution is -0.139. The van der Waals surface area contributed by atoms with Crippen LogP contribution in [0, 0.1) is 0 Å². The molecule has 1 amide bonds. The number of benzene rings is 3. The van der Waals surface area contributed by atoms with Crippen molar-refractivity contribution in [1.29, 1.82) is 0 Å². The standard InChI is InChI=1S/C38H47N3O4/c1-7-8-9-10-11-24-45-33-22-18-29(19-23-33)27(2)26-40-35(39-6)30-14-12-28(13-15-30)25-34(37(43)44)41-36(42)31-16-20-32(21-17-31)38(3,4)5/h12-23,26,34H,6-11,24-25H2,1-5H3,(H,41,42)(H,43,44)/b27-26+,40-35?/t34-/m0/s1. The summed E-state index contributed by atoms with van der Waals surface area (Å²) in [7, 11) is 0. The van der Waals surface area contributed by atoms with Crippen molar-refractivity contribution in [2.75, 3.05) is 6.61 Å². The van der Waals surface area contributed by atoms with Crippen LogP contribution in [0.3, 0.4) is 0 Å². The predicted octanol–water partition coefficient (Wildman–Crippen LogP) is 8.27. The first-order valence-corrected chi connectivity index (χ1v) is 15.7. The van der Waals surface area contributed by atoms with E-state index < -0.39 is 17.9 Å². The fourth-order valence-corrected chi connectivity index (χ4v) is 4.74. The lowest BCUT2D eigenvalue weighted by Crippen LogP contribution is -2.42. The van der Waals surface area contributed by atoms with Crippen LogP contribution in [0.15, 0.2) is 89.0 Å². The summed E-state index contributed by atoms with van der Waals surface area (Å²) in [6, 6.07) is 21.4. The number of rotatable bonds is 15. The van der Waals surface area contributed by atoms with Crippen molar-refractivity contribution in [2.45, 2.75) is 84.6 Å². The number of nitrogens with zero attached hydrogens (tertiary/aromatic N) is 2. The van der Waals surface area contributed by atoms with Gasteiger partial charge in [-0.25, -0.2) is 14.8 Å². The molecule has 0 unspecified atom stereocenters. The molecule has 0 aliphatic rings. The fourth-order valence-electron chi connectivity index (χ4n) is 4.74. The first kappa shape index (κ1) is 35.0. The van der Waals surface area contributed by atoms with Gasteiger partial charge in [0.25, 0.3) is 5.91 Å². The topological polar surface area (TPSA) is 100 Å². The summed E-state index contributed by atoms with van der Waals surface area (Å²) in [5.74, 6) is -0.215. The third-order valence-electron chi connectivity index (χ3n) is 7.63. The highest BCUT2D eigenvalue weighted by Crippen LogP contribution is 2.23. The van der Waals surface area contributed by atoms with Crippen molar-refractivity contribution in [3.63, 3.8) is 0 Å². The predicted molar refractivity (Wildman–Crippen MR) is 185 cm³/mol. The van der Waals surface area contributed by atoms with Crippen molar-refractivity contribution < 1.29 is 19.4 Å². The molecule has 3 aromatic carbocycles. The van der Waals surface area contributed by atoms with Crippen LogP contribution in [0.1, 0.15) is 99.3 Å². The van der Waals surface area contributed by atoms with Gasteiger partial charge in [-0.1, -0.05) is 102 Å². The first-order chi connectivity index (χ1) is 21.5. The monoisotopic (exact) mass is 609 g/mol. The van der Waals surface area contributed by atoms with Crippen LogP contribution in [0.25, 0.3) is 5.57 Å². The van der Waals surface area contributed by atoms with Gasteiger partial charge in [-0.3, -0.25) is 4.79 Å². The van der Waals surface area contributed by atoms with Gasteiger partial charge < -0.3 is 15.2 Å². The normalized spacial score (nSPS) is 12.8. The Balaban J connectivity index is 1.60. The second kappa shape index (κ2) is 17.1. The van der Waals surface area contributed by atoms with Gasteiger partial charge in [-0.15, -0.1) is 0 Å². The van der Waals surface area contributed by atoms with E-state index in [1.54, 1.807) is 18.3 Å². The van der Waals surface area contributed by atoms with Crippen molar-refractivity contribution in [2.24, 2.45) is 9.98 Å². The first-order valence-electron chi connectivity index (χ1n) is 15.7.